The van der Waals surface area contributed by atoms with Crippen LogP contribution in [0.1, 0.15) is 12.8 Å². The number of halogens is 1. The Morgan fingerprint density at radius 1 is 1.40 bits per heavy atom. The van der Waals surface area contributed by atoms with E-state index >= 15 is 0 Å². The van der Waals surface area contributed by atoms with Crippen molar-refractivity contribution < 1.29 is 0 Å². The van der Waals surface area contributed by atoms with Crippen molar-refractivity contribution in [2.24, 2.45) is 0 Å². The van der Waals surface area contributed by atoms with Gasteiger partial charge in [0.05, 0.1) is 0 Å². The normalized spacial score (nSPS) is 21.0. The van der Waals surface area contributed by atoms with Crippen molar-refractivity contribution in [1.82, 2.24) is 0 Å². The zero-order valence-corrected chi connectivity index (χ0v) is 4.95. The first kappa shape index (κ1) is 5.72. The molecule has 0 aliphatic heterocycles. The van der Waals surface area contributed by atoms with Crippen LogP contribution in [0.15, 0.2) is 0 Å². The topological polar surface area (TPSA) is 0 Å². The van der Waals surface area contributed by atoms with Gasteiger partial charge in [0.15, 0.2) is 0 Å². The van der Waals surface area contributed by atoms with Crippen LogP contribution >= 0.6 is 21.6 Å². The van der Waals surface area contributed by atoms with E-state index in [4.69, 9.17) is 0 Å². The van der Waals surface area contributed by atoms with Crippen molar-refractivity contribution in [2.45, 2.75) is 18.5 Å². The van der Waals surface area contributed by atoms with Crippen LogP contribution in [0.4, 0.5) is 0 Å². The van der Waals surface area contributed by atoms with E-state index in [0.717, 1.165) is 5.66 Å². The maximum atomic E-state index is 2.77. The Bertz CT molecular complexity index is 26.1. The molecule has 1 atom stereocenters. The Morgan fingerprint density at radius 3 is 1.60 bits per heavy atom. The van der Waals surface area contributed by atoms with Crippen LogP contribution in [-0.2, 0) is 0 Å². The lowest BCUT2D eigenvalue weighted by Gasteiger charge is -1.54. The summed E-state index contributed by atoms with van der Waals surface area (Å²) >= 11 is 0. The molecule has 0 nitrogen and oxygen atoms in total. The van der Waals surface area contributed by atoms with Crippen LogP contribution in [-0.4, -0.2) is 5.66 Å². The SMILES string of the molecule is Cl.PC1CC1. The van der Waals surface area contributed by atoms with Gasteiger partial charge in [0.25, 0.3) is 0 Å². The van der Waals surface area contributed by atoms with E-state index in [0.29, 0.717) is 0 Å². The summed E-state index contributed by atoms with van der Waals surface area (Å²) in [5.41, 5.74) is 1.00. The van der Waals surface area contributed by atoms with Gasteiger partial charge in [0.1, 0.15) is 0 Å². The monoisotopic (exact) mass is 110 g/mol. The molecule has 0 heterocycles. The van der Waals surface area contributed by atoms with Crippen molar-refractivity contribution in [2.75, 3.05) is 0 Å². The van der Waals surface area contributed by atoms with Crippen LogP contribution in [0.5, 0.6) is 0 Å². The van der Waals surface area contributed by atoms with Crippen molar-refractivity contribution in [3.63, 3.8) is 0 Å². The molecule has 0 aromatic carbocycles. The Hall–Kier alpha value is 0.720. The van der Waals surface area contributed by atoms with Gasteiger partial charge in [0, 0.05) is 0 Å². The highest BCUT2D eigenvalue weighted by Gasteiger charge is 2.13. The standard InChI is InChI=1S/C3H7P.ClH/c4-3-1-2-3;/h3H,1-2,4H2;1H. The van der Waals surface area contributed by atoms with Gasteiger partial charge in [-0.05, 0) is 18.5 Å². The fourth-order valence-electron chi connectivity index (χ4n) is 0.0962. The van der Waals surface area contributed by atoms with Gasteiger partial charge in [-0.15, -0.1) is 21.6 Å². The Labute approximate surface area is 40.9 Å². The van der Waals surface area contributed by atoms with Crippen LogP contribution < -0.4 is 0 Å². The van der Waals surface area contributed by atoms with Crippen LogP contribution in [0.25, 0.3) is 0 Å². The maximum absolute atomic E-state index is 2.77. The second-order valence-electron chi connectivity index (χ2n) is 1.34. The highest BCUT2D eigenvalue weighted by atomic mass is 35.5. The predicted octanol–water partition coefficient (Wildman–Crippen LogP) is 1.45. The number of hydrogen-bond acceptors (Lipinski definition) is 0. The predicted molar refractivity (Wildman–Crippen MR) is 30.0 cm³/mol. The van der Waals surface area contributed by atoms with E-state index < -0.39 is 0 Å². The quantitative estimate of drug-likeness (QED) is 0.414. The molecule has 2 heteroatoms. The minimum Gasteiger partial charge on any atom is -0.147 e. The van der Waals surface area contributed by atoms with Gasteiger partial charge >= 0.3 is 0 Å². The molecule has 0 N–H and O–H groups in total. The molecule has 1 fully saturated rings. The van der Waals surface area contributed by atoms with Gasteiger partial charge < -0.3 is 0 Å². The van der Waals surface area contributed by atoms with Crippen molar-refractivity contribution in [3.05, 3.63) is 0 Å². The van der Waals surface area contributed by atoms with Crippen molar-refractivity contribution in [1.29, 1.82) is 0 Å². The molecule has 1 unspecified atom stereocenters. The number of rotatable bonds is 0. The molecule has 0 radical (unpaired) electrons. The van der Waals surface area contributed by atoms with E-state index in [1.165, 1.54) is 12.8 Å². The van der Waals surface area contributed by atoms with Crippen molar-refractivity contribution in [3.8, 4) is 0 Å². The van der Waals surface area contributed by atoms with E-state index in [9.17, 15) is 0 Å². The lowest BCUT2D eigenvalue weighted by atomic mass is 11.0. The molecule has 0 bridgehead atoms. The average Bonchev–Trinajstić information content (AvgIpc) is 1.75. The van der Waals surface area contributed by atoms with Crippen LogP contribution in [0.3, 0.4) is 0 Å². The zero-order chi connectivity index (χ0) is 2.99. The summed E-state index contributed by atoms with van der Waals surface area (Å²) in [5, 5.41) is 0. The molecule has 1 rings (SSSR count). The Morgan fingerprint density at radius 2 is 1.60 bits per heavy atom. The summed E-state index contributed by atoms with van der Waals surface area (Å²) in [6, 6.07) is 0. The first-order valence-electron chi connectivity index (χ1n) is 1.65. The lowest BCUT2D eigenvalue weighted by Crippen LogP contribution is -1.42. The molecule has 1 aliphatic rings. The first-order valence-corrected chi connectivity index (χ1v) is 2.32. The third-order valence-electron chi connectivity index (χ3n) is 0.622. The maximum Gasteiger partial charge on any atom is -0.0264 e. The first-order chi connectivity index (χ1) is 1.89. The van der Waals surface area contributed by atoms with Gasteiger partial charge in [0.2, 0.25) is 0 Å². The summed E-state index contributed by atoms with van der Waals surface area (Å²) < 4.78 is 0. The molecule has 0 amide bonds. The molecule has 0 aromatic rings. The van der Waals surface area contributed by atoms with E-state index in [2.05, 4.69) is 9.24 Å². The highest BCUT2D eigenvalue weighted by molar-refractivity contribution is 7.18. The van der Waals surface area contributed by atoms with E-state index in [1.807, 2.05) is 0 Å². The highest BCUT2D eigenvalue weighted by Crippen LogP contribution is 2.27. The molecule has 1 aliphatic carbocycles. The second-order valence-corrected chi connectivity index (χ2v) is 2.28. The van der Waals surface area contributed by atoms with Crippen molar-refractivity contribution >= 4 is 21.6 Å². The van der Waals surface area contributed by atoms with E-state index in [1.54, 1.807) is 0 Å². The summed E-state index contributed by atoms with van der Waals surface area (Å²) in [6.07, 6.45) is 2.90. The third kappa shape index (κ3) is 2.52. The summed E-state index contributed by atoms with van der Waals surface area (Å²) in [7, 11) is 2.77. The largest absolute Gasteiger partial charge is 0.147 e. The van der Waals surface area contributed by atoms with Gasteiger partial charge in [-0.2, -0.15) is 0 Å². The molecule has 32 valence electrons. The smallest absolute Gasteiger partial charge is 0.0264 e. The minimum atomic E-state index is 0. The lowest BCUT2D eigenvalue weighted by molar-refractivity contribution is 1.50. The van der Waals surface area contributed by atoms with Crippen LogP contribution in [0.2, 0.25) is 0 Å². The van der Waals surface area contributed by atoms with E-state index in [-0.39, 0.29) is 12.4 Å². The minimum absolute atomic E-state index is 0. The molecular weight excluding hydrogens is 102 g/mol. The zero-order valence-electron chi connectivity index (χ0n) is 2.98. The average molecular weight is 111 g/mol. The Kier molecular flexibility index (Phi) is 2.28. The number of hydrogen-bond donors (Lipinski definition) is 0. The molecule has 0 saturated heterocycles. The third-order valence-corrected chi connectivity index (χ3v) is 1.29. The van der Waals surface area contributed by atoms with Gasteiger partial charge in [-0.1, -0.05) is 0 Å². The van der Waals surface area contributed by atoms with Gasteiger partial charge in [-0.3, -0.25) is 0 Å². The Balaban J connectivity index is 0.000000160. The molecular formula is C3H8ClP. The molecule has 5 heavy (non-hydrogen) atoms. The molecule has 1 saturated carbocycles. The fourth-order valence-corrected chi connectivity index (χ4v) is 0.289. The summed E-state index contributed by atoms with van der Waals surface area (Å²) in [4.78, 5) is 0. The summed E-state index contributed by atoms with van der Waals surface area (Å²) in [6.45, 7) is 0. The molecule has 0 aromatic heterocycles. The van der Waals surface area contributed by atoms with Gasteiger partial charge in [-0.25, -0.2) is 0 Å². The fraction of sp³-hybridized carbons (Fsp3) is 1.00. The molecule has 0 spiro atoms. The van der Waals surface area contributed by atoms with Crippen LogP contribution in [0, 0.1) is 0 Å². The summed E-state index contributed by atoms with van der Waals surface area (Å²) in [5.74, 6) is 0. The second kappa shape index (κ2) is 2.00.